The SMILES string of the molecule is CNS(=O)(=O)c1cc(C(=O)Nc2cccc(C(F)(F)F)c2)ccc1OC. The van der Waals surface area contributed by atoms with Gasteiger partial charge >= 0.3 is 6.18 Å². The monoisotopic (exact) mass is 388 g/mol. The Bertz CT molecular complexity index is 927. The molecule has 0 unspecified atom stereocenters. The molecule has 0 fully saturated rings. The molecule has 6 nitrogen and oxygen atoms in total. The van der Waals surface area contributed by atoms with Gasteiger partial charge in [0.15, 0.2) is 0 Å². The van der Waals surface area contributed by atoms with Crippen LogP contribution in [0.25, 0.3) is 0 Å². The lowest BCUT2D eigenvalue weighted by Crippen LogP contribution is -2.20. The van der Waals surface area contributed by atoms with Crippen molar-refractivity contribution in [3.63, 3.8) is 0 Å². The van der Waals surface area contributed by atoms with Gasteiger partial charge in [0.1, 0.15) is 10.6 Å². The third-order valence-electron chi connectivity index (χ3n) is 3.43. The van der Waals surface area contributed by atoms with Gasteiger partial charge in [-0.05, 0) is 43.4 Å². The molecule has 0 aromatic heterocycles. The average molecular weight is 388 g/mol. The van der Waals surface area contributed by atoms with E-state index in [9.17, 15) is 26.4 Å². The van der Waals surface area contributed by atoms with Gasteiger partial charge in [0.25, 0.3) is 5.91 Å². The van der Waals surface area contributed by atoms with Crippen LogP contribution in [0, 0.1) is 0 Å². The Morgan fingerprint density at radius 3 is 2.38 bits per heavy atom. The Morgan fingerprint density at radius 1 is 1.12 bits per heavy atom. The highest BCUT2D eigenvalue weighted by atomic mass is 32.2. The second-order valence-electron chi connectivity index (χ2n) is 5.11. The zero-order valence-electron chi connectivity index (χ0n) is 13.7. The molecule has 26 heavy (non-hydrogen) atoms. The first-order chi connectivity index (χ1) is 12.1. The van der Waals surface area contributed by atoms with E-state index in [0.29, 0.717) is 0 Å². The average Bonchev–Trinajstić information content (AvgIpc) is 2.60. The van der Waals surface area contributed by atoms with Crippen molar-refractivity contribution in [3.8, 4) is 5.75 Å². The van der Waals surface area contributed by atoms with E-state index in [4.69, 9.17) is 4.74 Å². The highest BCUT2D eigenvalue weighted by Gasteiger charge is 2.30. The number of nitrogens with one attached hydrogen (secondary N) is 2. The molecule has 0 heterocycles. The first-order valence-electron chi connectivity index (χ1n) is 7.18. The maximum Gasteiger partial charge on any atom is 0.416 e. The van der Waals surface area contributed by atoms with E-state index in [0.717, 1.165) is 24.3 Å². The molecule has 10 heteroatoms. The summed E-state index contributed by atoms with van der Waals surface area (Å²) in [6, 6.07) is 7.77. The third-order valence-corrected chi connectivity index (χ3v) is 4.87. The number of rotatable bonds is 5. The Hall–Kier alpha value is -2.59. The van der Waals surface area contributed by atoms with Crippen LogP contribution < -0.4 is 14.8 Å². The van der Waals surface area contributed by atoms with Gasteiger partial charge in [0, 0.05) is 11.3 Å². The van der Waals surface area contributed by atoms with Crippen molar-refractivity contribution in [1.82, 2.24) is 4.72 Å². The van der Waals surface area contributed by atoms with E-state index in [1.54, 1.807) is 0 Å². The third kappa shape index (κ3) is 4.33. The molecule has 140 valence electrons. The number of ether oxygens (including phenoxy) is 1. The van der Waals surface area contributed by atoms with E-state index in [2.05, 4.69) is 10.0 Å². The summed E-state index contributed by atoms with van der Waals surface area (Å²) in [4.78, 5) is 12.0. The molecule has 0 aliphatic heterocycles. The Balaban J connectivity index is 2.35. The maximum absolute atomic E-state index is 12.7. The second-order valence-corrected chi connectivity index (χ2v) is 6.96. The fraction of sp³-hybridized carbons (Fsp3) is 0.188. The number of amides is 1. The van der Waals surface area contributed by atoms with Crippen LogP contribution in [-0.4, -0.2) is 28.5 Å². The number of carbonyl (C=O) groups is 1. The molecule has 0 radical (unpaired) electrons. The molecule has 0 spiro atoms. The summed E-state index contributed by atoms with van der Waals surface area (Å²) in [6.45, 7) is 0. The molecule has 2 aromatic rings. The normalized spacial score (nSPS) is 11.9. The lowest BCUT2D eigenvalue weighted by molar-refractivity contribution is -0.137. The summed E-state index contributed by atoms with van der Waals surface area (Å²) >= 11 is 0. The Kier molecular flexibility index (Phi) is 5.57. The highest BCUT2D eigenvalue weighted by molar-refractivity contribution is 7.89. The number of alkyl halides is 3. The van der Waals surface area contributed by atoms with Crippen molar-refractivity contribution in [2.45, 2.75) is 11.1 Å². The largest absolute Gasteiger partial charge is 0.495 e. The summed E-state index contributed by atoms with van der Waals surface area (Å²) in [5, 5.41) is 2.31. The highest BCUT2D eigenvalue weighted by Crippen LogP contribution is 2.31. The second kappa shape index (κ2) is 7.34. The van der Waals surface area contributed by atoms with Crippen LogP contribution in [0.5, 0.6) is 5.75 Å². The molecule has 0 saturated carbocycles. The van der Waals surface area contributed by atoms with Gasteiger partial charge in [-0.3, -0.25) is 4.79 Å². The number of hydrogen-bond acceptors (Lipinski definition) is 4. The summed E-state index contributed by atoms with van der Waals surface area (Å²) in [7, 11) is -1.43. The predicted octanol–water partition coefficient (Wildman–Crippen LogP) is 2.87. The number of halogens is 3. The lowest BCUT2D eigenvalue weighted by atomic mass is 10.1. The van der Waals surface area contributed by atoms with Gasteiger partial charge in [-0.1, -0.05) is 6.07 Å². The number of hydrogen-bond donors (Lipinski definition) is 2. The topological polar surface area (TPSA) is 84.5 Å². The quantitative estimate of drug-likeness (QED) is 0.825. The minimum Gasteiger partial charge on any atom is -0.495 e. The summed E-state index contributed by atoms with van der Waals surface area (Å²) in [6.07, 6.45) is -4.55. The number of anilines is 1. The minimum absolute atomic E-state index is 0.0231. The molecular weight excluding hydrogens is 373 g/mol. The van der Waals surface area contributed by atoms with Gasteiger partial charge in [0.2, 0.25) is 10.0 Å². The number of sulfonamides is 1. The van der Waals surface area contributed by atoms with Crippen molar-refractivity contribution in [1.29, 1.82) is 0 Å². The molecule has 2 N–H and O–H groups in total. The number of benzene rings is 2. The molecule has 0 saturated heterocycles. The lowest BCUT2D eigenvalue weighted by Gasteiger charge is -2.12. The van der Waals surface area contributed by atoms with Crippen LogP contribution in [0.1, 0.15) is 15.9 Å². The number of methoxy groups -OCH3 is 1. The Labute approximate surface area is 148 Å². The van der Waals surface area contributed by atoms with Crippen LogP contribution in [0.2, 0.25) is 0 Å². The van der Waals surface area contributed by atoms with Crippen LogP contribution in [0.15, 0.2) is 47.4 Å². The standard InChI is InChI=1S/C16H15F3N2O4S/c1-20-26(23,24)14-8-10(6-7-13(14)25-2)15(22)21-12-5-3-4-11(9-12)16(17,18)19/h3-9,20H,1-2H3,(H,21,22). The van der Waals surface area contributed by atoms with Crippen molar-refractivity contribution in [2.24, 2.45) is 0 Å². The molecule has 0 atom stereocenters. The fourth-order valence-corrected chi connectivity index (χ4v) is 3.03. The van der Waals surface area contributed by atoms with E-state index in [-0.39, 0.29) is 21.9 Å². The Morgan fingerprint density at radius 2 is 1.81 bits per heavy atom. The van der Waals surface area contributed by atoms with Gasteiger partial charge in [0.05, 0.1) is 12.7 Å². The maximum atomic E-state index is 12.7. The predicted molar refractivity (Wildman–Crippen MR) is 88.6 cm³/mol. The minimum atomic E-state index is -4.55. The van der Waals surface area contributed by atoms with Gasteiger partial charge in [-0.15, -0.1) is 0 Å². The van der Waals surface area contributed by atoms with Gasteiger partial charge in [-0.25, -0.2) is 13.1 Å². The van der Waals surface area contributed by atoms with Crippen molar-refractivity contribution < 1.29 is 31.1 Å². The van der Waals surface area contributed by atoms with Crippen LogP contribution in [0.3, 0.4) is 0 Å². The molecule has 0 aliphatic carbocycles. The zero-order chi connectivity index (χ0) is 19.5. The molecule has 2 aromatic carbocycles. The fourth-order valence-electron chi connectivity index (χ4n) is 2.11. The van der Waals surface area contributed by atoms with Crippen molar-refractivity contribution in [3.05, 3.63) is 53.6 Å². The van der Waals surface area contributed by atoms with Crippen LogP contribution in [0.4, 0.5) is 18.9 Å². The van der Waals surface area contributed by atoms with E-state index in [1.165, 1.54) is 32.4 Å². The summed E-state index contributed by atoms with van der Waals surface area (Å²) in [5.41, 5.74) is -1.04. The van der Waals surface area contributed by atoms with Crippen LogP contribution in [-0.2, 0) is 16.2 Å². The molecule has 0 bridgehead atoms. The van der Waals surface area contributed by atoms with Crippen molar-refractivity contribution in [2.75, 3.05) is 19.5 Å². The first kappa shape index (κ1) is 19.7. The summed E-state index contributed by atoms with van der Waals surface area (Å²) < 4.78 is 69.3. The van der Waals surface area contributed by atoms with E-state index in [1.807, 2.05) is 0 Å². The van der Waals surface area contributed by atoms with Gasteiger partial charge in [-0.2, -0.15) is 13.2 Å². The molecule has 0 aliphatic rings. The van der Waals surface area contributed by atoms with Crippen LogP contribution >= 0.6 is 0 Å². The molecule has 2 rings (SSSR count). The zero-order valence-corrected chi connectivity index (χ0v) is 14.5. The van der Waals surface area contributed by atoms with Crippen molar-refractivity contribution >= 4 is 21.6 Å². The summed E-state index contributed by atoms with van der Waals surface area (Å²) in [5.74, 6) is -0.741. The van der Waals surface area contributed by atoms with E-state index >= 15 is 0 Å². The molecule has 1 amide bonds. The first-order valence-corrected chi connectivity index (χ1v) is 8.67. The van der Waals surface area contributed by atoms with E-state index < -0.39 is 27.7 Å². The van der Waals surface area contributed by atoms with Gasteiger partial charge < -0.3 is 10.1 Å². The number of carbonyl (C=O) groups excluding carboxylic acids is 1. The molecular formula is C16H15F3N2O4S. The smallest absolute Gasteiger partial charge is 0.416 e.